The molecule has 2 rings (SSSR count). The minimum Gasteiger partial charge on any atom is -0.493 e. The van der Waals surface area contributed by atoms with Gasteiger partial charge in [-0.3, -0.25) is 0 Å². The number of hydrogen-bond acceptors (Lipinski definition) is 7. The molecule has 0 spiro atoms. The molecule has 1 aromatic carbocycles. The second-order valence-electron chi connectivity index (χ2n) is 6.01. The smallest absolute Gasteiger partial charge is 0.174 e. The van der Waals surface area contributed by atoms with Crippen molar-refractivity contribution in [1.29, 1.82) is 0 Å². The zero-order valence-electron chi connectivity index (χ0n) is 16.8. The lowest BCUT2D eigenvalue weighted by Gasteiger charge is -2.14. The van der Waals surface area contributed by atoms with E-state index < -0.39 is 0 Å². The number of benzene rings is 1. The molecule has 0 amide bonds. The minimum atomic E-state index is 0.460. The van der Waals surface area contributed by atoms with E-state index in [4.69, 9.17) is 14.2 Å². The molecule has 0 unspecified atom stereocenters. The summed E-state index contributed by atoms with van der Waals surface area (Å²) >= 11 is 0. The summed E-state index contributed by atoms with van der Waals surface area (Å²) in [6.07, 6.45) is 9.32. The third-order valence-corrected chi connectivity index (χ3v) is 3.74. The van der Waals surface area contributed by atoms with E-state index in [-0.39, 0.29) is 0 Å². The van der Waals surface area contributed by atoms with Crippen molar-refractivity contribution in [3.63, 3.8) is 0 Å². The number of aromatic nitrogens is 2. The Balaban J connectivity index is 1.76. The molecular formula is C21H27N3O4. The lowest BCUT2D eigenvalue weighted by molar-refractivity contribution is 0.215. The van der Waals surface area contributed by atoms with Crippen LogP contribution in [0.15, 0.2) is 41.8 Å². The number of rotatable bonds is 11. The maximum absolute atomic E-state index is 5.94. The molecule has 0 aliphatic carbocycles. The van der Waals surface area contributed by atoms with Gasteiger partial charge in [-0.15, -0.1) is 0 Å². The number of aryl methyl sites for hydroxylation is 2. The summed E-state index contributed by atoms with van der Waals surface area (Å²) < 4.78 is 17.3. The molecule has 1 heterocycles. The van der Waals surface area contributed by atoms with Gasteiger partial charge in [0.05, 0.1) is 25.6 Å². The first kappa shape index (κ1) is 21.2. The average Bonchev–Trinajstić information content (AvgIpc) is 2.69. The van der Waals surface area contributed by atoms with E-state index in [1.54, 1.807) is 12.4 Å². The molecule has 0 aliphatic heterocycles. The number of oxime groups is 1. The summed E-state index contributed by atoms with van der Waals surface area (Å²) in [7, 11) is 1.46. The first-order valence-corrected chi connectivity index (χ1v) is 9.13. The Kier molecular flexibility index (Phi) is 8.78. The van der Waals surface area contributed by atoms with Crippen LogP contribution in [0.25, 0.3) is 0 Å². The average molecular weight is 385 g/mol. The molecule has 28 heavy (non-hydrogen) atoms. The van der Waals surface area contributed by atoms with Crippen LogP contribution in [0.2, 0.25) is 0 Å². The first-order valence-electron chi connectivity index (χ1n) is 9.13. The molecule has 0 N–H and O–H groups in total. The van der Waals surface area contributed by atoms with E-state index in [0.29, 0.717) is 31.4 Å². The van der Waals surface area contributed by atoms with Crippen molar-refractivity contribution in [3.8, 4) is 17.2 Å². The molecule has 0 atom stereocenters. The normalized spacial score (nSPS) is 11.1. The lowest BCUT2D eigenvalue weighted by atomic mass is 10.1. The SMILES string of the molecule is C/C=C/COc1cc(C)c(OCCCOc2cnc(C=NOC)nc2)c(C)c1. The Morgan fingerprint density at radius 3 is 2.29 bits per heavy atom. The van der Waals surface area contributed by atoms with Crippen molar-refractivity contribution in [2.24, 2.45) is 5.16 Å². The molecule has 0 fully saturated rings. The van der Waals surface area contributed by atoms with Gasteiger partial charge in [0.1, 0.15) is 31.4 Å². The molecule has 1 aromatic heterocycles. The highest BCUT2D eigenvalue weighted by molar-refractivity contribution is 5.73. The second kappa shape index (κ2) is 11.6. The van der Waals surface area contributed by atoms with E-state index in [0.717, 1.165) is 29.0 Å². The predicted octanol–water partition coefficient (Wildman–Crippen LogP) is 3.88. The van der Waals surface area contributed by atoms with Crippen LogP contribution in [0.4, 0.5) is 0 Å². The molecule has 0 radical (unpaired) electrons. The summed E-state index contributed by atoms with van der Waals surface area (Å²) in [5, 5.41) is 3.61. The van der Waals surface area contributed by atoms with E-state index >= 15 is 0 Å². The van der Waals surface area contributed by atoms with Crippen molar-refractivity contribution < 1.29 is 19.0 Å². The van der Waals surface area contributed by atoms with E-state index in [1.807, 2.05) is 45.1 Å². The Morgan fingerprint density at radius 1 is 0.964 bits per heavy atom. The number of ether oxygens (including phenoxy) is 3. The summed E-state index contributed by atoms with van der Waals surface area (Å²) in [5.74, 6) is 2.80. The highest BCUT2D eigenvalue weighted by Crippen LogP contribution is 2.28. The topological polar surface area (TPSA) is 75.1 Å². The van der Waals surface area contributed by atoms with Crippen LogP contribution >= 0.6 is 0 Å². The van der Waals surface area contributed by atoms with Gasteiger partial charge in [0.25, 0.3) is 0 Å². The van der Waals surface area contributed by atoms with Crippen molar-refractivity contribution in [2.45, 2.75) is 27.2 Å². The lowest BCUT2D eigenvalue weighted by Crippen LogP contribution is -2.07. The Labute approximate surface area is 166 Å². The first-order chi connectivity index (χ1) is 13.6. The second-order valence-corrected chi connectivity index (χ2v) is 6.01. The molecule has 0 bridgehead atoms. The third kappa shape index (κ3) is 6.90. The molecule has 7 heteroatoms. The van der Waals surface area contributed by atoms with Crippen LogP contribution in [0.5, 0.6) is 17.2 Å². The Bertz CT molecular complexity index is 766. The Hall–Kier alpha value is -3.09. The van der Waals surface area contributed by atoms with E-state index in [2.05, 4.69) is 20.0 Å². The highest BCUT2D eigenvalue weighted by atomic mass is 16.6. The molecule has 150 valence electrons. The van der Waals surface area contributed by atoms with E-state index in [1.165, 1.54) is 13.3 Å². The monoisotopic (exact) mass is 385 g/mol. The quantitative estimate of drug-likeness (QED) is 0.253. The van der Waals surface area contributed by atoms with Gasteiger partial charge in [-0.2, -0.15) is 0 Å². The van der Waals surface area contributed by atoms with Gasteiger partial charge in [-0.25, -0.2) is 9.97 Å². The van der Waals surface area contributed by atoms with Gasteiger partial charge in [0.15, 0.2) is 11.6 Å². The van der Waals surface area contributed by atoms with Crippen LogP contribution < -0.4 is 14.2 Å². The van der Waals surface area contributed by atoms with Gasteiger partial charge < -0.3 is 19.0 Å². The van der Waals surface area contributed by atoms with Crippen LogP contribution in [-0.4, -0.2) is 43.1 Å². The number of nitrogens with zero attached hydrogens (tertiary/aromatic N) is 3. The van der Waals surface area contributed by atoms with E-state index in [9.17, 15) is 0 Å². The maximum Gasteiger partial charge on any atom is 0.174 e. The third-order valence-electron chi connectivity index (χ3n) is 3.74. The fraction of sp³-hybridized carbons (Fsp3) is 0.381. The van der Waals surface area contributed by atoms with Gasteiger partial charge in [-0.1, -0.05) is 17.3 Å². The van der Waals surface area contributed by atoms with Gasteiger partial charge >= 0.3 is 0 Å². The summed E-state index contributed by atoms with van der Waals surface area (Å²) in [6.45, 7) is 7.65. The number of hydrogen-bond donors (Lipinski definition) is 0. The maximum atomic E-state index is 5.94. The summed E-state index contributed by atoms with van der Waals surface area (Å²) in [6, 6.07) is 3.99. The molecule has 0 saturated carbocycles. The largest absolute Gasteiger partial charge is 0.493 e. The summed E-state index contributed by atoms with van der Waals surface area (Å²) in [4.78, 5) is 12.8. The van der Waals surface area contributed by atoms with Crippen LogP contribution in [0.1, 0.15) is 30.3 Å². The molecule has 0 aliphatic rings. The van der Waals surface area contributed by atoms with Crippen molar-refractivity contribution >= 4 is 6.21 Å². The summed E-state index contributed by atoms with van der Waals surface area (Å²) in [5.41, 5.74) is 2.11. The van der Waals surface area contributed by atoms with Gasteiger partial charge in [0, 0.05) is 6.42 Å². The van der Waals surface area contributed by atoms with Crippen LogP contribution in [0.3, 0.4) is 0 Å². The zero-order valence-corrected chi connectivity index (χ0v) is 16.8. The number of allylic oxidation sites excluding steroid dienone is 1. The van der Waals surface area contributed by atoms with Gasteiger partial charge in [-0.05, 0) is 44.0 Å². The van der Waals surface area contributed by atoms with Crippen molar-refractivity contribution in [2.75, 3.05) is 26.9 Å². The standard InChI is InChI=1S/C21H27N3O4/c1-5-6-8-26-18-11-16(2)21(17(3)12-18)28-10-7-9-27-19-13-22-20(23-14-19)15-24-25-4/h5-6,11-15H,7-10H2,1-4H3/b6-5+,24-15?. The molecule has 7 nitrogen and oxygen atoms in total. The fourth-order valence-electron chi connectivity index (χ4n) is 2.45. The zero-order chi connectivity index (χ0) is 20.2. The van der Waals surface area contributed by atoms with Crippen molar-refractivity contribution in [3.05, 3.63) is 53.6 Å². The molecule has 2 aromatic rings. The fourth-order valence-corrected chi connectivity index (χ4v) is 2.45. The van der Waals surface area contributed by atoms with Crippen LogP contribution in [0, 0.1) is 13.8 Å². The minimum absolute atomic E-state index is 0.460. The van der Waals surface area contributed by atoms with Crippen molar-refractivity contribution in [1.82, 2.24) is 9.97 Å². The van der Waals surface area contributed by atoms with Crippen LogP contribution in [-0.2, 0) is 4.84 Å². The highest BCUT2D eigenvalue weighted by Gasteiger charge is 2.07. The molecular weight excluding hydrogens is 358 g/mol. The molecule has 0 saturated heterocycles. The van der Waals surface area contributed by atoms with Gasteiger partial charge in [0.2, 0.25) is 0 Å². The Morgan fingerprint density at radius 2 is 1.64 bits per heavy atom. The predicted molar refractivity (Wildman–Crippen MR) is 108 cm³/mol.